The van der Waals surface area contributed by atoms with Gasteiger partial charge in [0.2, 0.25) is 11.8 Å². The minimum Gasteiger partial charge on any atom is -0.478 e. The minimum absolute atomic E-state index is 0.0541. The second-order valence-corrected chi connectivity index (χ2v) is 10.1. The molecule has 0 saturated carbocycles. The minimum atomic E-state index is -1.16. The summed E-state index contributed by atoms with van der Waals surface area (Å²) in [4.78, 5) is 51.6. The Morgan fingerprint density at radius 1 is 1.03 bits per heavy atom. The third-order valence-corrected chi connectivity index (χ3v) is 6.85. The Morgan fingerprint density at radius 3 is 2.29 bits per heavy atom. The van der Waals surface area contributed by atoms with Gasteiger partial charge in [0.05, 0.1) is 17.7 Å². The smallest absolute Gasteiger partial charge is 0.336 e. The molecule has 1 unspecified atom stereocenters. The van der Waals surface area contributed by atoms with Gasteiger partial charge in [0.15, 0.2) is 0 Å². The molecule has 0 aromatic heterocycles. The lowest BCUT2D eigenvalue weighted by Gasteiger charge is -2.24. The first kappa shape index (κ1) is 30.9. The van der Waals surface area contributed by atoms with Crippen LogP contribution in [0.25, 0.3) is 0 Å². The van der Waals surface area contributed by atoms with E-state index in [2.05, 4.69) is 30.2 Å². The number of unbranched alkanes of at least 4 members (excludes halogenated alkanes) is 2. The molecule has 8 nitrogen and oxygen atoms in total. The lowest BCUT2D eigenvalue weighted by atomic mass is 9.97. The number of hydrogen-bond donors (Lipinski definition) is 4. The van der Waals surface area contributed by atoms with Gasteiger partial charge in [-0.05, 0) is 48.6 Å². The molecule has 3 amide bonds. The third kappa shape index (κ3) is 8.90. The van der Waals surface area contributed by atoms with Crippen molar-refractivity contribution in [3.05, 3.63) is 64.7 Å². The first-order valence-electron chi connectivity index (χ1n) is 13.0. The zero-order valence-electron chi connectivity index (χ0n) is 22.6. The molecule has 38 heavy (non-hydrogen) atoms. The summed E-state index contributed by atoms with van der Waals surface area (Å²) in [5.74, 6) is -1.70. The van der Waals surface area contributed by atoms with E-state index in [0.717, 1.165) is 24.8 Å². The predicted octanol–water partition coefficient (Wildman–Crippen LogP) is 4.78. The van der Waals surface area contributed by atoms with Crippen LogP contribution in [0.1, 0.15) is 71.9 Å². The Bertz CT molecular complexity index is 1120. The molecule has 206 valence electrons. The number of carbonyl (C=O) groups excluding carboxylic acids is 3. The van der Waals surface area contributed by atoms with Crippen LogP contribution in [0.5, 0.6) is 0 Å². The molecule has 0 spiro atoms. The van der Waals surface area contributed by atoms with Crippen LogP contribution in [0.2, 0.25) is 0 Å². The number of aryl methyl sites for hydroxylation is 1. The Balaban J connectivity index is 2.08. The average Bonchev–Trinajstić information content (AvgIpc) is 2.87. The molecule has 0 aliphatic rings. The van der Waals surface area contributed by atoms with Crippen LogP contribution < -0.4 is 10.6 Å². The van der Waals surface area contributed by atoms with Crippen LogP contribution in [0.15, 0.2) is 42.5 Å². The summed E-state index contributed by atoms with van der Waals surface area (Å²) < 4.78 is 0. The summed E-state index contributed by atoms with van der Waals surface area (Å²) in [6.45, 7) is 8.57. The van der Waals surface area contributed by atoms with Gasteiger partial charge in [0, 0.05) is 30.4 Å². The molecule has 3 N–H and O–H groups in total. The van der Waals surface area contributed by atoms with Crippen molar-refractivity contribution in [2.75, 3.05) is 24.2 Å². The molecule has 2 aromatic rings. The maximum atomic E-state index is 13.0. The van der Waals surface area contributed by atoms with E-state index in [-0.39, 0.29) is 41.3 Å². The van der Waals surface area contributed by atoms with Gasteiger partial charge in [-0.2, -0.15) is 12.6 Å². The molecule has 2 rings (SSSR count). The number of nitrogens with zero attached hydrogens (tertiary/aromatic N) is 1. The number of anilines is 1. The van der Waals surface area contributed by atoms with Gasteiger partial charge in [-0.15, -0.1) is 0 Å². The van der Waals surface area contributed by atoms with E-state index in [1.165, 1.54) is 6.07 Å². The SMILES string of the molecule is CCCCCN(Cc1ccc(NC(=O)c2c(C)cccc2C(=O)O)cc1)C(=O)CNC(=O)C(CS)C(C)C. The van der Waals surface area contributed by atoms with Crippen molar-refractivity contribution >= 4 is 42.0 Å². The number of thiol groups is 1. The molecular weight excluding hydrogens is 502 g/mol. The number of aromatic carboxylic acids is 1. The Kier molecular flexibility index (Phi) is 12.3. The van der Waals surface area contributed by atoms with Crippen molar-refractivity contribution < 1.29 is 24.3 Å². The van der Waals surface area contributed by atoms with Crippen LogP contribution >= 0.6 is 12.6 Å². The number of carboxylic acids is 1. The summed E-state index contributed by atoms with van der Waals surface area (Å²) in [6, 6.07) is 11.8. The van der Waals surface area contributed by atoms with Crippen molar-refractivity contribution in [1.82, 2.24) is 10.2 Å². The van der Waals surface area contributed by atoms with E-state index < -0.39 is 11.9 Å². The largest absolute Gasteiger partial charge is 0.478 e. The van der Waals surface area contributed by atoms with Crippen LogP contribution in [-0.4, -0.2) is 52.5 Å². The quantitative estimate of drug-likeness (QED) is 0.203. The molecule has 2 aromatic carbocycles. The lowest BCUT2D eigenvalue weighted by molar-refractivity contribution is -0.134. The third-order valence-electron chi connectivity index (χ3n) is 6.45. The fraction of sp³-hybridized carbons (Fsp3) is 0.448. The van der Waals surface area contributed by atoms with Crippen molar-refractivity contribution in [2.24, 2.45) is 11.8 Å². The highest BCUT2D eigenvalue weighted by atomic mass is 32.1. The molecule has 1 atom stereocenters. The first-order chi connectivity index (χ1) is 18.1. The van der Waals surface area contributed by atoms with Gasteiger partial charge in [0.25, 0.3) is 5.91 Å². The van der Waals surface area contributed by atoms with Crippen LogP contribution in [0.4, 0.5) is 5.69 Å². The standard InChI is InChI=1S/C29H39N3O5S/c1-5-6-7-15-32(25(33)16-30-27(34)24(18-38)19(2)3)17-21-11-13-22(14-12-21)31-28(35)26-20(4)9-8-10-23(26)29(36)37/h8-14,19,24,38H,5-7,15-18H2,1-4H3,(H,30,34)(H,31,35)(H,36,37). The summed E-state index contributed by atoms with van der Waals surface area (Å²) in [5, 5.41) is 15.0. The topological polar surface area (TPSA) is 116 Å². The number of amides is 3. The number of carbonyl (C=O) groups is 4. The molecule has 0 radical (unpaired) electrons. The predicted molar refractivity (Wildman–Crippen MR) is 153 cm³/mol. The first-order valence-corrected chi connectivity index (χ1v) is 13.6. The maximum absolute atomic E-state index is 13.0. The summed E-state index contributed by atoms with van der Waals surface area (Å²) in [6.07, 6.45) is 2.88. The highest BCUT2D eigenvalue weighted by molar-refractivity contribution is 7.80. The second-order valence-electron chi connectivity index (χ2n) is 9.73. The van der Waals surface area contributed by atoms with E-state index >= 15 is 0 Å². The summed E-state index contributed by atoms with van der Waals surface area (Å²) >= 11 is 4.26. The van der Waals surface area contributed by atoms with E-state index in [1.54, 1.807) is 36.1 Å². The molecule has 0 aliphatic heterocycles. The molecule has 0 aliphatic carbocycles. The molecule has 0 bridgehead atoms. The van der Waals surface area contributed by atoms with Crippen molar-refractivity contribution in [3.8, 4) is 0 Å². The van der Waals surface area contributed by atoms with Crippen LogP contribution in [-0.2, 0) is 16.1 Å². The molecular formula is C29H39N3O5S. The van der Waals surface area contributed by atoms with E-state index in [9.17, 15) is 24.3 Å². The molecule has 0 heterocycles. The van der Waals surface area contributed by atoms with Gasteiger partial charge in [0.1, 0.15) is 0 Å². The normalized spacial score (nSPS) is 11.6. The highest BCUT2D eigenvalue weighted by Crippen LogP contribution is 2.19. The number of benzene rings is 2. The highest BCUT2D eigenvalue weighted by Gasteiger charge is 2.23. The number of nitrogens with one attached hydrogen (secondary N) is 2. The Labute approximate surface area is 230 Å². The van der Waals surface area contributed by atoms with Crippen molar-refractivity contribution in [2.45, 2.75) is 53.5 Å². The van der Waals surface area contributed by atoms with Gasteiger partial charge in [-0.3, -0.25) is 14.4 Å². The van der Waals surface area contributed by atoms with Gasteiger partial charge in [-0.25, -0.2) is 4.79 Å². The second kappa shape index (κ2) is 15.2. The fourth-order valence-electron chi connectivity index (χ4n) is 4.10. The van der Waals surface area contributed by atoms with Gasteiger partial charge < -0.3 is 20.6 Å². The van der Waals surface area contributed by atoms with Crippen LogP contribution in [0.3, 0.4) is 0 Å². The van der Waals surface area contributed by atoms with Crippen molar-refractivity contribution in [1.29, 1.82) is 0 Å². The zero-order chi connectivity index (χ0) is 28.2. The van der Waals surface area contributed by atoms with E-state index in [0.29, 0.717) is 30.1 Å². The molecule has 9 heteroatoms. The fourth-order valence-corrected chi connectivity index (χ4v) is 4.69. The Morgan fingerprint density at radius 2 is 1.71 bits per heavy atom. The lowest BCUT2D eigenvalue weighted by Crippen LogP contribution is -2.43. The zero-order valence-corrected chi connectivity index (χ0v) is 23.5. The van der Waals surface area contributed by atoms with Crippen LogP contribution in [0, 0.1) is 18.8 Å². The molecule has 0 saturated heterocycles. The van der Waals surface area contributed by atoms with E-state index in [4.69, 9.17) is 0 Å². The van der Waals surface area contributed by atoms with Gasteiger partial charge in [-0.1, -0.05) is 57.9 Å². The number of rotatable bonds is 14. The Hall–Kier alpha value is -3.33. The molecule has 0 fully saturated rings. The number of carboxylic acid groups (broad SMARTS) is 1. The van der Waals surface area contributed by atoms with Crippen molar-refractivity contribution in [3.63, 3.8) is 0 Å². The maximum Gasteiger partial charge on any atom is 0.336 e. The number of hydrogen-bond acceptors (Lipinski definition) is 5. The monoisotopic (exact) mass is 541 g/mol. The summed E-state index contributed by atoms with van der Waals surface area (Å²) in [5.41, 5.74) is 2.03. The van der Waals surface area contributed by atoms with E-state index in [1.807, 2.05) is 26.0 Å². The van der Waals surface area contributed by atoms with Gasteiger partial charge >= 0.3 is 5.97 Å². The summed E-state index contributed by atoms with van der Waals surface area (Å²) in [7, 11) is 0. The average molecular weight is 542 g/mol.